The summed E-state index contributed by atoms with van der Waals surface area (Å²) in [5.41, 5.74) is 6.32. The molecule has 32 heavy (non-hydrogen) atoms. The molecule has 0 amide bonds. The number of hydrogen-bond donors (Lipinski definition) is 2. The number of aryl methyl sites for hydroxylation is 1. The lowest BCUT2D eigenvalue weighted by atomic mass is 9.78. The molecule has 4 rings (SSSR count). The summed E-state index contributed by atoms with van der Waals surface area (Å²) in [6.07, 6.45) is 0. The summed E-state index contributed by atoms with van der Waals surface area (Å²) in [4.78, 5) is 5.03. The molecule has 166 valence electrons. The predicted molar refractivity (Wildman–Crippen MR) is 134 cm³/mol. The molecule has 0 aliphatic heterocycles. The van der Waals surface area contributed by atoms with Gasteiger partial charge in [-0.2, -0.15) is 0 Å². The quantitative estimate of drug-likeness (QED) is 0.359. The van der Waals surface area contributed by atoms with E-state index in [9.17, 15) is 5.11 Å². The predicted octanol–water partition coefficient (Wildman–Crippen LogP) is 7.35. The van der Waals surface area contributed by atoms with E-state index in [1.54, 1.807) is 0 Å². The lowest BCUT2D eigenvalue weighted by molar-refractivity contribution is 0.423. The molecule has 0 aliphatic carbocycles. The van der Waals surface area contributed by atoms with E-state index in [-0.39, 0.29) is 10.8 Å². The molecule has 0 saturated heterocycles. The van der Waals surface area contributed by atoms with Gasteiger partial charge < -0.3 is 10.4 Å². The maximum Gasteiger partial charge on any atom is 0.143 e. The van der Waals surface area contributed by atoms with Crippen molar-refractivity contribution in [1.29, 1.82) is 0 Å². The Bertz CT molecular complexity index is 1240. The van der Waals surface area contributed by atoms with Crippen LogP contribution in [-0.2, 0) is 10.8 Å². The van der Waals surface area contributed by atoms with Crippen LogP contribution in [0.5, 0.6) is 5.75 Å². The van der Waals surface area contributed by atoms with Crippen LogP contribution in [-0.4, -0.2) is 14.5 Å². The Kier molecular flexibility index (Phi) is 5.28. The molecule has 2 aromatic heterocycles. The summed E-state index contributed by atoms with van der Waals surface area (Å²) in [6, 6.07) is 20.5. The van der Waals surface area contributed by atoms with E-state index in [4.69, 9.17) is 4.98 Å². The van der Waals surface area contributed by atoms with E-state index < -0.39 is 0 Å². The zero-order valence-electron chi connectivity index (χ0n) is 20.1. The van der Waals surface area contributed by atoms with Gasteiger partial charge in [-0.3, -0.25) is 4.40 Å². The molecule has 0 saturated carbocycles. The van der Waals surface area contributed by atoms with Crippen LogP contribution in [0.3, 0.4) is 0 Å². The van der Waals surface area contributed by atoms with Crippen molar-refractivity contribution >= 4 is 17.2 Å². The molecule has 4 aromatic rings. The van der Waals surface area contributed by atoms with Gasteiger partial charge in [0.05, 0.1) is 0 Å². The number of hydrogen-bond acceptors (Lipinski definition) is 3. The number of aromatic hydroxyl groups is 1. The molecule has 0 radical (unpaired) electrons. The number of para-hydroxylation sites is 1. The number of anilines is 2. The Morgan fingerprint density at radius 2 is 1.41 bits per heavy atom. The first-order valence-corrected chi connectivity index (χ1v) is 11.2. The van der Waals surface area contributed by atoms with Gasteiger partial charge in [-0.15, -0.1) is 0 Å². The summed E-state index contributed by atoms with van der Waals surface area (Å²) < 4.78 is 2.16. The summed E-state index contributed by atoms with van der Waals surface area (Å²) >= 11 is 0. The van der Waals surface area contributed by atoms with Gasteiger partial charge in [0, 0.05) is 28.1 Å². The fourth-order valence-electron chi connectivity index (χ4n) is 4.14. The van der Waals surface area contributed by atoms with Crippen LogP contribution in [0.4, 0.5) is 11.5 Å². The standard InChI is InChI=1S/C28H33N3O/c1-18-12-11-15-23-30-24(26(31(18)23)29-20-13-9-8-10-14-20)19-16-21(27(2,3)4)25(32)22(17-19)28(5,6)7/h8-17,29,32H,1-7H3. The van der Waals surface area contributed by atoms with Crippen LogP contribution < -0.4 is 5.32 Å². The third-order valence-corrected chi connectivity index (χ3v) is 5.87. The first-order valence-electron chi connectivity index (χ1n) is 11.2. The average Bonchev–Trinajstić information content (AvgIpc) is 3.07. The Morgan fingerprint density at radius 1 is 0.812 bits per heavy atom. The van der Waals surface area contributed by atoms with Crippen molar-refractivity contribution in [2.24, 2.45) is 0 Å². The van der Waals surface area contributed by atoms with Crippen LogP contribution in [0.1, 0.15) is 58.4 Å². The molecule has 0 unspecified atom stereocenters. The number of benzene rings is 2. The summed E-state index contributed by atoms with van der Waals surface area (Å²) in [5.74, 6) is 1.31. The van der Waals surface area contributed by atoms with Crippen LogP contribution in [0.25, 0.3) is 16.9 Å². The minimum absolute atomic E-state index is 0.206. The summed E-state index contributed by atoms with van der Waals surface area (Å²) in [6.45, 7) is 14.9. The van der Waals surface area contributed by atoms with E-state index in [0.29, 0.717) is 5.75 Å². The second-order valence-corrected chi connectivity index (χ2v) is 10.6. The highest BCUT2D eigenvalue weighted by atomic mass is 16.3. The molecule has 0 fully saturated rings. The molecule has 0 spiro atoms. The third kappa shape index (κ3) is 3.97. The van der Waals surface area contributed by atoms with E-state index in [1.165, 1.54) is 0 Å². The lowest BCUT2D eigenvalue weighted by Crippen LogP contribution is -2.17. The second kappa shape index (κ2) is 7.70. The minimum atomic E-state index is -0.206. The smallest absolute Gasteiger partial charge is 0.143 e. The fourth-order valence-corrected chi connectivity index (χ4v) is 4.14. The maximum atomic E-state index is 11.2. The van der Waals surface area contributed by atoms with Gasteiger partial charge in [0.2, 0.25) is 0 Å². The molecule has 4 heteroatoms. The molecular weight excluding hydrogens is 394 g/mol. The molecular formula is C28H33N3O. The zero-order valence-corrected chi connectivity index (χ0v) is 20.1. The van der Waals surface area contributed by atoms with Crippen molar-refractivity contribution in [3.8, 4) is 17.0 Å². The molecule has 4 nitrogen and oxygen atoms in total. The van der Waals surface area contributed by atoms with Crippen LogP contribution in [0, 0.1) is 6.92 Å². The van der Waals surface area contributed by atoms with Crippen molar-refractivity contribution in [2.45, 2.75) is 59.3 Å². The Labute approximate surface area is 191 Å². The Balaban J connectivity index is 2.03. The number of fused-ring (bicyclic) bond motifs is 1. The van der Waals surface area contributed by atoms with Gasteiger partial charge in [0.15, 0.2) is 0 Å². The van der Waals surface area contributed by atoms with Gasteiger partial charge in [0.1, 0.15) is 22.9 Å². The zero-order chi connectivity index (χ0) is 23.3. The molecule has 0 aliphatic rings. The third-order valence-electron chi connectivity index (χ3n) is 5.87. The summed E-state index contributed by atoms with van der Waals surface area (Å²) in [7, 11) is 0. The number of nitrogens with one attached hydrogen (secondary N) is 1. The molecule has 2 aromatic carbocycles. The van der Waals surface area contributed by atoms with Crippen molar-refractivity contribution in [3.05, 3.63) is 77.5 Å². The van der Waals surface area contributed by atoms with Crippen LogP contribution in [0.15, 0.2) is 60.7 Å². The first kappa shape index (κ1) is 21.9. The minimum Gasteiger partial charge on any atom is -0.507 e. The summed E-state index contributed by atoms with van der Waals surface area (Å²) in [5, 5.41) is 14.8. The van der Waals surface area contributed by atoms with Crippen LogP contribution >= 0.6 is 0 Å². The van der Waals surface area contributed by atoms with Gasteiger partial charge in [-0.05, 0) is 54.2 Å². The highest BCUT2D eigenvalue weighted by Gasteiger charge is 2.28. The average molecular weight is 428 g/mol. The number of nitrogens with zero attached hydrogens (tertiary/aromatic N) is 2. The van der Waals surface area contributed by atoms with Gasteiger partial charge >= 0.3 is 0 Å². The van der Waals surface area contributed by atoms with E-state index in [0.717, 1.165) is 45.2 Å². The van der Waals surface area contributed by atoms with Crippen molar-refractivity contribution in [3.63, 3.8) is 0 Å². The first-order chi connectivity index (χ1) is 15.0. The number of phenols is 1. The topological polar surface area (TPSA) is 49.6 Å². The fraction of sp³-hybridized carbons (Fsp3) is 0.321. The van der Waals surface area contributed by atoms with Gasteiger partial charge in [0.25, 0.3) is 0 Å². The van der Waals surface area contributed by atoms with Crippen molar-refractivity contribution < 1.29 is 5.11 Å². The van der Waals surface area contributed by atoms with E-state index >= 15 is 0 Å². The normalized spacial score (nSPS) is 12.3. The number of pyridine rings is 1. The molecule has 0 atom stereocenters. The second-order valence-electron chi connectivity index (χ2n) is 10.6. The van der Waals surface area contributed by atoms with Crippen molar-refractivity contribution in [1.82, 2.24) is 9.38 Å². The number of rotatable bonds is 3. The van der Waals surface area contributed by atoms with E-state index in [2.05, 4.69) is 88.5 Å². The highest BCUT2D eigenvalue weighted by Crippen LogP contribution is 2.43. The molecule has 0 bridgehead atoms. The Hall–Kier alpha value is -3.27. The molecule has 2 N–H and O–H groups in total. The van der Waals surface area contributed by atoms with E-state index in [1.807, 2.05) is 30.3 Å². The SMILES string of the molecule is Cc1cccc2nc(-c3cc(C(C)(C)C)c(O)c(C(C)(C)C)c3)c(Nc3ccccc3)n12. The number of imidazole rings is 1. The highest BCUT2D eigenvalue weighted by molar-refractivity contribution is 5.81. The Morgan fingerprint density at radius 3 is 1.97 bits per heavy atom. The van der Waals surface area contributed by atoms with Gasteiger partial charge in [-0.25, -0.2) is 4.98 Å². The van der Waals surface area contributed by atoms with Crippen molar-refractivity contribution in [2.75, 3.05) is 5.32 Å². The maximum absolute atomic E-state index is 11.2. The molecule has 2 heterocycles. The number of phenolic OH excluding ortho intramolecular Hbond substituents is 1. The number of aromatic nitrogens is 2. The monoisotopic (exact) mass is 427 g/mol. The van der Waals surface area contributed by atoms with Gasteiger partial charge in [-0.1, -0.05) is 65.8 Å². The largest absolute Gasteiger partial charge is 0.507 e. The van der Waals surface area contributed by atoms with Crippen LogP contribution in [0.2, 0.25) is 0 Å². The lowest BCUT2D eigenvalue weighted by Gasteiger charge is -2.28.